The van der Waals surface area contributed by atoms with Crippen molar-refractivity contribution in [3.05, 3.63) is 29.3 Å². The number of benzene rings is 1. The average Bonchev–Trinajstić information content (AvgIpc) is 2.59. The summed E-state index contributed by atoms with van der Waals surface area (Å²) in [6.07, 6.45) is -17.0. The molecular weight excluding hydrogens is 416 g/mol. The first-order chi connectivity index (χ1) is 13.2. The normalized spacial score (nSPS) is 28.1. The van der Waals surface area contributed by atoms with Crippen molar-refractivity contribution in [3.8, 4) is 5.75 Å². The minimum absolute atomic E-state index is 0.102. The standard InChI is InChI=1S/C16H17F6NO6/c1-6(25)23-11-13(27)12(26)10(5-24)29-14(11)28-9-3-7(15(17,18)19)2-8(4-9)16(20,21)22/h2-4,10-14,24,26-27H,5H2,1H3,(H,23,25)/t10-,11+,12+,13+,14+/m1/s1. The third-order valence-electron chi connectivity index (χ3n) is 4.06. The van der Waals surface area contributed by atoms with E-state index >= 15 is 0 Å². The molecule has 0 unspecified atom stereocenters. The number of nitrogens with one attached hydrogen (secondary N) is 1. The largest absolute Gasteiger partial charge is 0.463 e. The van der Waals surface area contributed by atoms with Gasteiger partial charge in [0.15, 0.2) is 0 Å². The number of rotatable bonds is 4. The van der Waals surface area contributed by atoms with Gasteiger partial charge in [0.05, 0.1) is 17.7 Å². The van der Waals surface area contributed by atoms with Crippen LogP contribution in [0.5, 0.6) is 5.75 Å². The van der Waals surface area contributed by atoms with E-state index in [1.165, 1.54) is 0 Å². The van der Waals surface area contributed by atoms with E-state index in [0.29, 0.717) is 0 Å². The Hall–Kier alpha value is -2.09. The van der Waals surface area contributed by atoms with E-state index in [1.54, 1.807) is 0 Å². The summed E-state index contributed by atoms with van der Waals surface area (Å²) in [6, 6.07) is -1.08. The number of amides is 1. The molecule has 7 nitrogen and oxygen atoms in total. The van der Waals surface area contributed by atoms with Crippen LogP contribution in [0.15, 0.2) is 18.2 Å². The van der Waals surface area contributed by atoms with Gasteiger partial charge in [-0.1, -0.05) is 0 Å². The van der Waals surface area contributed by atoms with Gasteiger partial charge >= 0.3 is 12.4 Å². The van der Waals surface area contributed by atoms with E-state index in [4.69, 9.17) is 9.47 Å². The molecule has 1 amide bonds. The molecular formula is C16H17F6NO6. The van der Waals surface area contributed by atoms with Gasteiger partial charge in [-0.15, -0.1) is 0 Å². The summed E-state index contributed by atoms with van der Waals surface area (Å²) in [6.45, 7) is 0.168. The van der Waals surface area contributed by atoms with Gasteiger partial charge in [-0.05, 0) is 18.2 Å². The van der Waals surface area contributed by atoms with Gasteiger partial charge in [0.1, 0.15) is 30.1 Å². The number of aliphatic hydroxyl groups excluding tert-OH is 3. The van der Waals surface area contributed by atoms with E-state index in [0.717, 1.165) is 6.92 Å². The number of alkyl halides is 6. The molecule has 0 aliphatic carbocycles. The number of hydrogen-bond donors (Lipinski definition) is 4. The molecule has 5 atom stereocenters. The van der Waals surface area contributed by atoms with Crippen LogP contribution >= 0.6 is 0 Å². The summed E-state index contributed by atoms with van der Waals surface area (Å²) in [5, 5.41) is 31.3. The summed E-state index contributed by atoms with van der Waals surface area (Å²) in [5.41, 5.74) is -3.29. The molecule has 1 aliphatic rings. The van der Waals surface area contributed by atoms with Gasteiger partial charge in [-0.2, -0.15) is 26.3 Å². The van der Waals surface area contributed by atoms with Crippen LogP contribution in [0.4, 0.5) is 26.3 Å². The fraction of sp³-hybridized carbons (Fsp3) is 0.562. The molecule has 1 aliphatic heterocycles. The van der Waals surface area contributed by atoms with E-state index in [1.807, 2.05) is 0 Å². The average molecular weight is 433 g/mol. The number of ether oxygens (including phenoxy) is 2. The van der Waals surface area contributed by atoms with Crippen LogP contribution in [0.3, 0.4) is 0 Å². The van der Waals surface area contributed by atoms with Crippen LogP contribution in [0.25, 0.3) is 0 Å². The Bertz CT molecular complexity index is 707. The van der Waals surface area contributed by atoms with Crippen molar-refractivity contribution >= 4 is 5.91 Å². The number of carbonyl (C=O) groups is 1. The van der Waals surface area contributed by atoms with Crippen molar-refractivity contribution in [3.63, 3.8) is 0 Å². The Labute approximate surface area is 159 Å². The second kappa shape index (κ2) is 8.34. The lowest BCUT2D eigenvalue weighted by Gasteiger charge is -2.42. The van der Waals surface area contributed by atoms with E-state index in [-0.39, 0.29) is 18.2 Å². The first kappa shape index (κ1) is 23.2. The molecule has 164 valence electrons. The number of halogens is 6. The van der Waals surface area contributed by atoms with Crippen molar-refractivity contribution in [2.24, 2.45) is 0 Å². The molecule has 1 aromatic carbocycles. The van der Waals surface area contributed by atoms with E-state index in [9.17, 15) is 46.5 Å². The molecule has 1 aromatic rings. The number of carbonyl (C=O) groups excluding carboxylic acids is 1. The highest BCUT2D eigenvalue weighted by Gasteiger charge is 2.46. The smallest absolute Gasteiger partial charge is 0.416 e. The first-order valence-electron chi connectivity index (χ1n) is 8.09. The Morgan fingerprint density at radius 2 is 1.59 bits per heavy atom. The maximum Gasteiger partial charge on any atom is 0.416 e. The van der Waals surface area contributed by atoms with Crippen LogP contribution in [0.1, 0.15) is 18.1 Å². The summed E-state index contributed by atoms with van der Waals surface area (Å²) >= 11 is 0. The van der Waals surface area contributed by atoms with Crippen LogP contribution in [0.2, 0.25) is 0 Å². The Balaban J connectivity index is 2.43. The van der Waals surface area contributed by atoms with Crippen molar-refractivity contribution in [1.29, 1.82) is 0 Å². The third-order valence-corrected chi connectivity index (χ3v) is 4.06. The third kappa shape index (κ3) is 5.50. The molecule has 13 heteroatoms. The maximum absolute atomic E-state index is 13.0. The molecule has 29 heavy (non-hydrogen) atoms. The molecule has 1 saturated heterocycles. The topological polar surface area (TPSA) is 108 Å². The predicted octanol–water partition coefficient (Wildman–Crippen LogP) is 1.05. The Morgan fingerprint density at radius 1 is 1.07 bits per heavy atom. The minimum Gasteiger partial charge on any atom is -0.463 e. The van der Waals surface area contributed by atoms with Crippen molar-refractivity contribution in [1.82, 2.24) is 5.32 Å². The number of hydrogen-bond acceptors (Lipinski definition) is 6. The monoisotopic (exact) mass is 433 g/mol. The van der Waals surface area contributed by atoms with Gasteiger partial charge in [0, 0.05) is 6.92 Å². The zero-order valence-electron chi connectivity index (χ0n) is 14.7. The lowest BCUT2D eigenvalue weighted by molar-refractivity contribution is -0.244. The first-order valence-corrected chi connectivity index (χ1v) is 8.09. The Kier molecular flexibility index (Phi) is 6.67. The van der Waals surface area contributed by atoms with E-state index < -0.39 is 72.4 Å². The molecule has 1 heterocycles. The fourth-order valence-corrected chi connectivity index (χ4v) is 2.70. The van der Waals surface area contributed by atoms with Crippen LogP contribution in [-0.4, -0.2) is 58.5 Å². The van der Waals surface area contributed by atoms with Gasteiger partial charge in [-0.25, -0.2) is 0 Å². The highest BCUT2D eigenvalue weighted by molar-refractivity contribution is 5.73. The molecule has 0 radical (unpaired) electrons. The zero-order chi connectivity index (χ0) is 22.1. The van der Waals surface area contributed by atoms with Gasteiger partial charge < -0.3 is 30.1 Å². The van der Waals surface area contributed by atoms with Crippen molar-refractivity contribution in [2.45, 2.75) is 49.9 Å². The SMILES string of the molecule is CC(=O)N[C@@H]1[C@@H](Oc2cc(C(F)(F)F)cc(C(F)(F)F)c2)O[C@H](CO)[C@H](O)[C@H]1O. The summed E-state index contributed by atoms with van der Waals surface area (Å²) < 4.78 is 88.1. The highest BCUT2D eigenvalue weighted by atomic mass is 19.4. The molecule has 0 spiro atoms. The summed E-state index contributed by atoms with van der Waals surface area (Å²) in [7, 11) is 0. The molecule has 0 aromatic heterocycles. The quantitative estimate of drug-likeness (QED) is 0.529. The van der Waals surface area contributed by atoms with Crippen molar-refractivity contribution < 1.29 is 55.9 Å². The minimum atomic E-state index is -5.12. The van der Waals surface area contributed by atoms with Crippen LogP contribution in [-0.2, 0) is 21.9 Å². The van der Waals surface area contributed by atoms with Crippen LogP contribution < -0.4 is 10.1 Å². The van der Waals surface area contributed by atoms with Crippen LogP contribution in [0, 0.1) is 0 Å². The second-order valence-electron chi connectivity index (χ2n) is 6.29. The lowest BCUT2D eigenvalue weighted by Crippen LogP contribution is -2.65. The maximum atomic E-state index is 13.0. The molecule has 0 saturated carbocycles. The second-order valence-corrected chi connectivity index (χ2v) is 6.29. The number of aliphatic hydroxyl groups is 3. The summed E-state index contributed by atoms with van der Waals surface area (Å²) in [4.78, 5) is 11.3. The van der Waals surface area contributed by atoms with Crippen molar-refractivity contribution in [2.75, 3.05) is 6.61 Å². The fourth-order valence-electron chi connectivity index (χ4n) is 2.70. The molecule has 2 rings (SSSR count). The van der Waals surface area contributed by atoms with Gasteiger partial charge in [0.2, 0.25) is 12.2 Å². The predicted molar refractivity (Wildman–Crippen MR) is 82.4 cm³/mol. The molecule has 4 N–H and O–H groups in total. The van der Waals surface area contributed by atoms with Gasteiger partial charge in [-0.3, -0.25) is 4.79 Å². The Morgan fingerprint density at radius 3 is 2.00 bits per heavy atom. The molecule has 1 fully saturated rings. The van der Waals surface area contributed by atoms with E-state index in [2.05, 4.69) is 5.32 Å². The van der Waals surface area contributed by atoms with Gasteiger partial charge in [0.25, 0.3) is 0 Å². The highest BCUT2D eigenvalue weighted by Crippen LogP contribution is 2.39. The zero-order valence-corrected chi connectivity index (χ0v) is 14.7. The summed E-state index contributed by atoms with van der Waals surface area (Å²) in [5.74, 6) is -1.66. The molecule has 0 bridgehead atoms. The lowest BCUT2D eigenvalue weighted by atomic mass is 9.97.